The average molecular weight is 593 g/mol. The van der Waals surface area contributed by atoms with Gasteiger partial charge in [0.15, 0.2) is 11.9 Å². The molecule has 1 saturated heterocycles. The van der Waals surface area contributed by atoms with Crippen LogP contribution < -0.4 is 11.3 Å². The van der Waals surface area contributed by atoms with Crippen molar-refractivity contribution in [2.75, 3.05) is 24.8 Å². The number of carbonyl (C=O) groups is 2. The van der Waals surface area contributed by atoms with E-state index in [0.717, 1.165) is 16.7 Å². The number of hydrazine groups is 2. The summed E-state index contributed by atoms with van der Waals surface area (Å²) >= 11 is 2.93. The average Bonchev–Trinajstić information content (AvgIpc) is 3.45. The van der Waals surface area contributed by atoms with E-state index in [-0.39, 0.29) is 30.3 Å². The molecule has 2 aromatic rings. The second kappa shape index (κ2) is 11.7. The minimum absolute atomic E-state index is 0.222. The molecule has 1 unspecified atom stereocenters. The van der Waals surface area contributed by atoms with Gasteiger partial charge in [0.2, 0.25) is 5.91 Å². The zero-order valence-electron chi connectivity index (χ0n) is 21.8. The summed E-state index contributed by atoms with van der Waals surface area (Å²) in [6.45, 7) is -0.533. The molecule has 0 saturated carbocycles. The third-order valence-electron chi connectivity index (χ3n) is 6.92. The number of ether oxygens (including phenoxy) is 1. The van der Waals surface area contributed by atoms with Gasteiger partial charge in [0.1, 0.15) is 23.8 Å². The van der Waals surface area contributed by atoms with Crippen LogP contribution in [-0.2, 0) is 14.3 Å². The summed E-state index contributed by atoms with van der Waals surface area (Å²) in [6, 6.07) is 18.3. The normalized spacial score (nSPS) is 21.7. The molecule has 6 rings (SSSR count). The maximum absolute atomic E-state index is 14.0. The predicted molar refractivity (Wildman–Crippen MR) is 156 cm³/mol. The molecular formula is C28H28N6O5S2. The minimum atomic E-state index is -0.675. The molecule has 4 aliphatic rings. The van der Waals surface area contributed by atoms with E-state index >= 15 is 0 Å². The van der Waals surface area contributed by atoms with Gasteiger partial charge in [-0.1, -0.05) is 60.7 Å². The van der Waals surface area contributed by atoms with E-state index in [1.165, 1.54) is 33.4 Å². The number of fused-ring (bicyclic) bond motifs is 2. The monoisotopic (exact) mass is 592 g/mol. The van der Waals surface area contributed by atoms with Crippen molar-refractivity contribution in [3.05, 3.63) is 106 Å². The molecule has 0 bridgehead atoms. The molecule has 2 atom stereocenters. The van der Waals surface area contributed by atoms with Crippen LogP contribution in [0.1, 0.15) is 17.2 Å². The lowest BCUT2D eigenvalue weighted by molar-refractivity contribution is -0.153. The lowest BCUT2D eigenvalue weighted by Gasteiger charge is -2.48. The molecule has 0 aromatic heterocycles. The third kappa shape index (κ3) is 5.27. The number of amides is 1. The van der Waals surface area contributed by atoms with Crippen molar-refractivity contribution >= 4 is 41.1 Å². The zero-order valence-corrected chi connectivity index (χ0v) is 23.4. The van der Waals surface area contributed by atoms with Gasteiger partial charge in [-0.15, -0.1) is 29.1 Å². The van der Waals surface area contributed by atoms with Gasteiger partial charge in [-0.2, -0.15) is 0 Å². The van der Waals surface area contributed by atoms with E-state index in [0.29, 0.717) is 28.1 Å². The molecular weight excluding hydrogens is 564 g/mol. The quantitative estimate of drug-likeness (QED) is 0.249. The van der Waals surface area contributed by atoms with E-state index < -0.39 is 18.1 Å². The van der Waals surface area contributed by atoms with Crippen LogP contribution in [0.3, 0.4) is 0 Å². The van der Waals surface area contributed by atoms with Crippen LogP contribution in [0.15, 0.2) is 100 Å². The number of hydrogen-bond acceptors (Lipinski definition) is 12. The highest BCUT2D eigenvalue weighted by atomic mass is 32.2. The van der Waals surface area contributed by atoms with Crippen molar-refractivity contribution in [3.63, 3.8) is 0 Å². The van der Waals surface area contributed by atoms with E-state index in [2.05, 4.69) is 10.5 Å². The summed E-state index contributed by atoms with van der Waals surface area (Å²) in [7, 11) is 0. The fourth-order valence-electron chi connectivity index (χ4n) is 4.88. The molecule has 1 amide bonds. The largest absolute Gasteiger partial charge is 0.448 e. The number of carbonyl (C=O) groups excluding carboxylic acids is 2. The number of nitrogens with one attached hydrogen (secondary N) is 1. The Bertz CT molecular complexity index is 1430. The maximum atomic E-state index is 14.0. The van der Waals surface area contributed by atoms with Crippen molar-refractivity contribution in [3.8, 4) is 0 Å². The number of hydrogen-bond donors (Lipinski definition) is 4. The van der Waals surface area contributed by atoms with Crippen LogP contribution in [0.4, 0.5) is 0 Å². The fourth-order valence-corrected chi connectivity index (χ4v) is 7.35. The molecule has 11 nitrogen and oxygen atoms in total. The Morgan fingerprint density at radius 3 is 2.46 bits per heavy atom. The van der Waals surface area contributed by atoms with Gasteiger partial charge in [0.05, 0.1) is 23.5 Å². The predicted octanol–water partition coefficient (Wildman–Crippen LogP) is 1.62. The maximum Gasteiger partial charge on any atom is 0.356 e. The summed E-state index contributed by atoms with van der Waals surface area (Å²) in [5, 5.41) is 22.8. The van der Waals surface area contributed by atoms with E-state index in [4.69, 9.17) is 10.5 Å². The summed E-state index contributed by atoms with van der Waals surface area (Å²) in [6.07, 6.45) is 2.69. The van der Waals surface area contributed by atoms with Gasteiger partial charge in [0, 0.05) is 11.5 Å². The van der Waals surface area contributed by atoms with Gasteiger partial charge in [0.25, 0.3) is 0 Å². The first-order valence-corrected chi connectivity index (χ1v) is 14.9. The fraction of sp³-hybridized carbons (Fsp3) is 0.250. The zero-order chi connectivity index (χ0) is 28.5. The summed E-state index contributed by atoms with van der Waals surface area (Å²) in [4.78, 5) is 32.7. The summed E-state index contributed by atoms with van der Waals surface area (Å²) in [5.74, 6) is 0.458. The number of esters is 1. The standard InChI is InChI=1S/C28H28N6O5S2/c29-23-26(37)33-24(28(38)39-25(17-7-3-1-4-8-17)18-9-5-2-6-10-18)19(15-41-27(23)33)14-40-22-11-20(13-35)30-21-12-32(16-36)31-34(21)22/h1-12,23,25,27,31,35-36H,13-16,29H2/t23?,27-/m1/s1. The number of benzene rings is 2. The van der Waals surface area contributed by atoms with Crippen LogP contribution in [0.5, 0.6) is 0 Å². The second-order valence-electron chi connectivity index (χ2n) is 9.56. The minimum Gasteiger partial charge on any atom is -0.448 e. The molecule has 13 heteroatoms. The Labute approximate surface area is 245 Å². The first-order valence-electron chi connectivity index (χ1n) is 12.9. The van der Waals surface area contributed by atoms with Gasteiger partial charge in [-0.3, -0.25) is 14.7 Å². The molecule has 1 fully saturated rings. The Morgan fingerprint density at radius 2 is 1.83 bits per heavy atom. The van der Waals surface area contributed by atoms with Gasteiger partial charge in [-0.05, 0) is 22.8 Å². The topological polar surface area (TPSA) is 144 Å². The molecule has 0 spiro atoms. The second-order valence-corrected chi connectivity index (χ2v) is 11.7. The van der Waals surface area contributed by atoms with Gasteiger partial charge < -0.3 is 20.7 Å². The molecule has 4 aliphatic heterocycles. The lowest BCUT2D eigenvalue weighted by Crippen LogP contribution is -2.68. The first-order chi connectivity index (χ1) is 20.0. The third-order valence-corrected chi connectivity index (χ3v) is 9.37. The Morgan fingerprint density at radius 1 is 1.15 bits per heavy atom. The van der Waals surface area contributed by atoms with Gasteiger partial charge in [-0.25, -0.2) is 14.8 Å². The number of nitrogens with zero attached hydrogens (tertiary/aromatic N) is 4. The van der Waals surface area contributed by atoms with Crippen LogP contribution in [0.2, 0.25) is 0 Å². The van der Waals surface area contributed by atoms with Crippen LogP contribution in [-0.4, -0.2) is 79.0 Å². The highest BCUT2D eigenvalue weighted by molar-refractivity contribution is 8.03. The van der Waals surface area contributed by atoms with Crippen molar-refractivity contribution in [2.24, 2.45) is 10.7 Å². The summed E-state index contributed by atoms with van der Waals surface area (Å²) < 4.78 is 6.17. The van der Waals surface area contributed by atoms with Crippen LogP contribution >= 0.6 is 23.5 Å². The summed E-state index contributed by atoms with van der Waals surface area (Å²) in [5.41, 5.74) is 12.1. The highest BCUT2D eigenvalue weighted by Gasteiger charge is 2.52. The highest BCUT2D eigenvalue weighted by Crippen LogP contribution is 2.42. The number of aliphatic hydroxyl groups excluding tert-OH is 2. The Hall–Kier alpha value is -3.59. The number of thioether (sulfide) groups is 2. The molecule has 4 heterocycles. The smallest absolute Gasteiger partial charge is 0.356 e. The molecule has 0 aliphatic carbocycles. The molecule has 212 valence electrons. The van der Waals surface area contributed by atoms with Crippen LogP contribution in [0.25, 0.3) is 0 Å². The Balaban J connectivity index is 1.30. The number of nitrogens with two attached hydrogens (primary N) is 1. The lowest BCUT2D eigenvalue weighted by atomic mass is 10.0. The molecule has 41 heavy (non-hydrogen) atoms. The van der Waals surface area contributed by atoms with E-state index in [1.54, 1.807) is 17.3 Å². The Kier molecular flexibility index (Phi) is 7.88. The number of aliphatic hydroxyl groups is 2. The van der Waals surface area contributed by atoms with E-state index in [9.17, 15) is 19.8 Å². The van der Waals surface area contributed by atoms with Crippen molar-refractivity contribution in [1.29, 1.82) is 0 Å². The van der Waals surface area contributed by atoms with Crippen molar-refractivity contribution < 1.29 is 24.5 Å². The van der Waals surface area contributed by atoms with Crippen LogP contribution in [0, 0.1) is 0 Å². The number of β-lactam (4-membered cyclic amide) rings is 1. The number of aliphatic imine (C=N–C) groups is 1. The SMILES string of the molecule is NC1C(=O)N2C(C(=O)OC(c3ccccc3)c3ccccc3)=C(CSC3=CC(CO)=NC4=CN(CO)NN43)CS[C@H]12. The van der Waals surface area contributed by atoms with Crippen molar-refractivity contribution in [2.45, 2.75) is 17.5 Å². The van der Waals surface area contributed by atoms with Gasteiger partial charge >= 0.3 is 5.97 Å². The first kappa shape index (κ1) is 27.6. The molecule has 2 aromatic carbocycles. The molecule has 5 N–H and O–H groups in total. The number of rotatable bonds is 9. The molecule has 0 radical (unpaired) electrons. The van der Waals surface area contributed by atoms with E-state index in [1.807, 2.05) is 60.7 Å². The van der Waals surface area contributed by atoms with Crippen molar-refractivity contribution in [1.82, 2.24) is 20.5 Å².